The van der Waals surface area contributed by atoms with Crippen LogP contribution in [0.2, 0.25) is 15.1 Å². The Morgan fingerprint density at radius 3 is 2.58 bits per heavy atom. The van der Waals surface area contributed by atoms with Gasteiger partial charge in [0.2, 0.25) is 0 Å². The van der Waals surface area contributed by atoms with E-state index in [-0.39, 0.29) is 37.7 Å². The molecule has 0 saturated heterocycles. The van der Waals surface area contributed by atoms with Crippen molar-refractivity contribution < 1.29 is 9.72 Å². The summed E-state index contributed by atoms with van der Waals surface area (Å²) in [6, 6.07) is 10.4. The number of anilines is 2. The third kappa shape index (κ3) is 4.64. The number of carbonyl (C=O) groups excluding carboxylic acids is 1. The quantitative estimate of drug-likeness (QED) is 0.311. The molecule has 0 aliphatic carbocycles. The monoisotopic (exact) mass is 410 g/mol. The standard InChI is InChI=1S/C16H9Cl3N4O3/c17-11-5-4-10(6-14(11)23(25)26)21-8-9(7-20)16(24)22-13-3-1-2-12(18)15(13)19/h1-6,8,21H,(H,22,24)/b9-8-. The maximum absolute atomic E-state index is 12.2. The van der Waals surface area contributed by atoms with Crippen molar-refractivity contribution in [1.82, 2.24) is 0 Å². The molecule has 2 aromatic carbocycles. The predicted octanol–water partition coefficient (Wildman–Crippen LogP) is 5.01. The molecule has 7 nitrogen and oxygen atoms in total. The zero-order valence-corrected chi connectivity index (χ0v) is 15.1. The van der Waals surface area contributed by atoms with E-state index in [4.69, 9.17) is 40.1 Å². The van der Waals surface area contributed by atoms with Gasteiger partial charge in [-0.3, -0.25) is 14.9 Å². The van der Waals surface area contributed by atoms with Crippen LogP contribution in [0.25, 0.3) is 0 Å². The maximum atomic E-state index is 12.2. The highest BCUT2D eigenvalue weighted by molar-refractivity contribution is 6.44. The molecule has 0 heterocycles. The lowest BCUT2D eigenvalue weighted by atomic mass is 10.2. The zero-order valence-electron chi connectivity index (χ0n) is 12.8. The van der Waals surface area contributed by atoms with Gasteiger partial charge >= 0.3 is 0 Å². The molecule has 2 aromatic rings. The highest BCUT2D eigenvalue weighted by Gasteiger charge is 2.14. The van der Waals surface area contributed by atoms with E-state index in [9.17, 15) is 14.9 Å². The van der Waals surface area contributed by atoms with Crippen LogP contribution in [0.1, 0.15) is 0 Å². The second-order valence-corrected chi connectivity index (χ2v) is 5.99. The van der Waals surface area contributed by atoms with Crippen molar-refractivity contribution in [3.8, 4) is 6.07 Å². The molecule has 0 unspecified atom stereocenters. The third-order valence-electron chi connectivity index (χ3n) is 3.09. The summed E-state index contributed by atoms with van der Waals surface area (Å²) >= 11 is 17.6. The number of nitro groups is 1. The van der Waals surface area contributed by atoms with E-state index < -0.39 is 10.8 Å². The van der Waals surface area contributed by atoms with Crippen molar-refractivity contribution in [2.75, 3.05) is 10.6 Å². The number of nitro benzene ring substituents is 1. The first kappa shape index (κ1) is 19.5. The number of halogens is 3. The van der Waals surface area contributed by atoms with Gasteiger partial charge in [-0.15, -0.1) is 0 Å². The van der Waals surface area contributed by atoms with Crippen molar-refractivity contribution in [2.24, 2.45) is 0 Å². The average molecular weight is 412 g/mol. The van der Waals surface area contributed by atoms with Crippen molar-refractivity contribution in [3.63, 3.8) is 0 Å². The Labute approximate surface area is 162 Å². The van der Waals surface area contributed by atoms with Gasteiger partial charge in [-0.2, -0.15) is 5.26 Å². The molecule has 0 fully saturated rings. The molecular formula is C16H9Cl3N4O3. The lowest BCUT2D eigenvalue weighted by molar-refractivity contribution is -0.384. The molecule has 0 aliphatic heterocycles. The largest absolute Gasteiger partial charge is 0.360 e. The van der Waals surface area contributed by atoms with E-state index in [1.54, 1.807) is 18.2 Å². The normalized spacial score (nSPS) is 10.8. The summed E-state index contributed by atoms with van der Waals surface area (Å²) in [7, 11) is 0. The Hall–Kier alpha value is -2.79. The minimum atomic E-state index is -0.729. The van der Waals surface area contributed by atoms with Crippen LogP contribution in [0.15, 0.2) is 48.2 Å². The van der Waals surface area contributed by atoms with Crippen LogP contribution in [0.3, 0.4) is 0 Å². The van der Waals surface area contributed by atoms with Crippen LogP contribution in [0.4, 0.5) is 17.1 Å². The molecule has 0 saturated carbocycles. The molecule has 1 amide bonds. The Kier molecular flexibility index (Phi) is 6.41. The molecule has 2 rings (SSSR count). The SMILES string of the molecule is N#C/C(=C/Nc1ccc(Cl)c([N+](=O)[O-])c1)C(=O)Nc1cccc(Cl)c1Cl. The average Bonchev–Trinajstić information content (AvgIpc) is 2.60. The van der Waals surface area contributed by atoms with Gasteiger partial charge in [0.25, 0.3) is 11.6 Å². The van der Waals surface area contributed by atoms with Gasteiger partial charge in [-0.05, 0) is 24.3 Å². The van der Waals surface area contributed by atoms with E-state index in [0.29, 0.717) is 0 Å². The molecular weight excluding hydrogens is 403 g/mol. The van der Waals surface area contributed by atoms with Crippen molar-refractivity contribution in [2.45, 2.75) is 0 Å². The first-order valence-corrected chi connectivity index (χ1v) is 8.03. The van der Waals surface area contributed by atoms with Gasteiger partial charge in [-0.1, -0.05) is 40.9 Å². The van der Waals surface area contributed by atoms with Gasteiger partial charge in [0.05, 0.1) is 20.7 Å². The molecule has 0 bridgehead atoms. The van der Waals surface area contributed by atoms with E-state index in [2.05, 4.69) is 10.6 Å². The fraction of sp³-hybridized carbons (Fsp3) is 0. The minimum Gasteiger partial charge on any atom is -0.360 e. The van der Waals surface area contributed by atoms with Gasteiger partial charge < -0.3 is 10.6 Å². The van der Waals surface area contributed by atoms with E-state index in [0.717, 1.165) is 6.20 Å². The lowest BCUT2D eigenvalue weighted by Crippen LogP contribution is -2.15. The molecule has 2 N–H and O–H groups in total. The third-order valence-corrected chi connectivity index (χ3v) is 4.23. The molecule has 26 heavy (non-hydrogen) atoms. The highest BCUT2D eigenvalue weighted by atomic mass is 35.5. The molecule has 0 aromatic heterocycles. The lowest BCUT2D eigenvalue weighted by Gasteiger charge is -2.08. The number of nitrogens with zero attached hydrogens (tertiary/aromatic N) is 2. The van der Waals surface area contributed by atoms with Crippen LogP contribution >= 0.6 is 34.8 Å². The molecule has 132 valence electrons. The van der Waals surface area contributed by atoms with Crippen molar-refractivity contribution in [3.05, 3.63) is 73.4 Å². The fourth-order valence-electron chi connectivity index (χ4n) is 1.84. The van der Waals surface area contributed by atoms with Crippen LogP contribution < -0.4 is 10.6 Å². The number of amides is 1. The summed E-state index contributed by atoms with van der Waals surface area (Å²) in [5.74, 6) is -0.729. The van der Waals surface area contributed by atoms with E-state index in [1.807, 2.05) is 0 Å². The van der Waals surface area contributed by atoms with Crippen molar-refractivity contribution >= 4 is 57.8 Å². The molecule has 0 radical (unpaired) electrons. The van der Waals surface area contributed by atoms with Gasteiger partial charge in [0, 0.05) is 18.0 Å². The van der Waals surface area contributed by atoms with Crippen LogP contribution in [-0.2, 0) is 4.79 Å². The second-order valence-electron chi connectivity index (χ2n) is 4.79. The molecule has 0 atom stereocenters. The number of carbonyl (C=O) groups is 1. The van der Waals surface area contributed by atoms with Crippen molar-refractivity contribution in [1.29, 1.82) is 5.26 Å². The smallest absolute Gasteiger partial charge is 0.289 e. The number of hydrogen-bond acceptors (Lipinski definition) is 5. The number of nitriles is 1. The van der Waals surface area contributed by atoms with Gasteiger partial charge in [0.15, 0.2) is 0 Å². The van der Waals surface area contributed by atoms with E-state index in [1.165, 1.54) is 24.3 Å². The minimum absolute atomic E-state index is 0.0293. The first-order valence-electron chi connectivity index (χ1n) is 6.89. The Morgan fingerprint density at radius 1 is 1.19 bits per heavy atom. The Balaban J connectivity index is 2.19. The van der Waals surface area contributed by atoms with Crippen LogP contribution in [0, 0.1) is 21.4 Å². The molecule has 0 spiro atoms. The van der Waals surface area contributed by atoms with Gasteiger partial charge in [0.1, 0.15) is 16.7 Å². The second kappa shape index (κ2) is 8.54. The Bertz CT molecular complexity index is 954. The van der Waals surface area contributed by atoms with Crippen LogP contribution in [-0.4, -0.2) is 10.8 Å². The predicted molar refractivity (Wildman–Crippen MR) is 101 cm³/mol. The summed E-state index contributed by atoms with van der Waals surface area (Å²) in [6.45, 7) is 0. The molecule has 10 heteroatoms. The highest BCUT2D eigenvalue weighted by Crippen LogP contribution is 2.30. The Morgan fingerprint density at radius 2 is 1.92 bits per heavy atom. The maximum Gasteiger partial charge on any atom is 0.289 e. The summed E-state index contributed by atoms with van der Waals surface area (Å²) in [5, 5.41) is 25.5. The number of nitrogens with one attached hydrogen (secondary N) is 2. The number of benzene rings is 2. The number of rotatable bonds is 5. The topological polar surface area (TPSA) is 108 Å². The summed E-state index contributed by atoms with van der Waals surface area (Å²) < 4.78 is 0. The summed E-state index contributed by atoms with van der Waals surface area (Å²) in [5.41, 5.74) is -0.0627. The fourth-order valence-corrected chi connectivity index (χ4v) is 2.37. The van der Waals surface area contributed by atoms with Gasteiger partial charge in [-0.25, -0.2) is 0 Å². The van der Waals surface area contributed by atoms with E-state index >= 15 is 0 Å². The van der Waals surface area contributed by atoms with Crippen LogP contribution in [0.5, 0.6) is 0 Å². The summed E-state index contributed by atoms with van der Waals surface area (Å²) in [6.07, 6.45) is 1.11. The first-order chi connectivity index (χ1) is 12.3. The summed E-state index contributed by atoms with van der Waals surface area (Å²) in [4.78, 5) is 22.4. The zero-order chi connectivity index (χ0) is 19.3. The molecule has 0 aliphatic rings. The number of hydrogen-bond donors (Lipinski definition) is 2.